The van der Waals surface area contributed by atoms with Gasteiger partial charge in [0, 0.05) is 29.7 Å². The van der Waals surface area contributed by atoms with E-state index >= 15 is 0 Å². The normalized spacial score (nSPS) is 14.2. The van der Waals surface area contributed by atoms with Crippen LogP contribution in [-0.2, 0) is 4.74 Å². The Balaban J connectivity index is 1.43. The van der Waals surface area contributed by atoms with Crippen LogP contribution in [0.15, 0.2) is 53.2 Å². The number of nitrogens with one attached hydrogen (secondary N) is 1. The molecule has 1 amide bonds. The van der Waals surface area contributed by atoms with E-state index in [0.29, 0.717) is 29.8 Å². The predicted molar refractivity (Wildman–Crippen MR) is 102 cm³/mol. The molecule has 2 aromatic heterocycles. The number of carbonyl (C=O) groups is 1. The van der Waals surface area contributed by atoms with Crippen LogP contribution in [0.3, 0.4) is 0 Å². The molecule has 4 rings (SSSR count). The minimum Gasteiger partial charge on any atom is -0.378 e. The Morgan fingerprint density at radius 1 is 1.15 bits per heavy atom. The Morgan fingerprint density at radius 3 is 2.74 bits per heavy atom. The SMILES string of the molecule is O=C(Nc1ccc(N2CCOCC2)cn1)c1cc(-c2cccc(Cl)c2)on1. The first-order valence-corrected chi connectivity index (χ1v) is 8.89. The fraction of sp³-hybridized carbons (Fsp3) is 0.211. The van der Waals surface area contributed by atoms with Crippen LogP contribution in [0, 0.1) is 0 Å². The van der Waals surface area contributed by atoms with Gasteiger partial charge in [-0.25, -0.2) is 4.98 Å². The van der Waals surface area contributed by atoms with E-state index in [0.717, 1.165) is 24.3 Å². The molecule has 0 spiro atoms. The van der Waals surface area contributed by atoms with Crippen molar-refractivity contribution in [2.75, 3.05) is 36.5 Å². The van der Waals surface area contributed by atoms with Crippen LogP contribution in [0.25, 0.3) is 11.3 Å². The maximum Gasteiger partial charge on any atom is 0.279 e. The number of carbonyl (C=O) groups excluding carboxylic acids is 1. The molecule has 27 heavy (non-hydrogen) atoms. The van der Waals surface area contributed by atoms with Gasteiger partial charge in [-0.3, -0.25) is 4.79 Å². The third-order valence-corrected chi connectivity index (χ3v) is 4.45. The smallest absolute Gasteiger partial charge is 0.279 e. The lowest BCUT2D eigenvalue weighted by Crippen LogP contribution is -2.36. The van der Waals surface area contributed by atoms with Crippen LogP contribution in [0.4, 0.5) is 11.5 Å². The largest absolute Gasteiger partial charge is 0.378 e. The second-order valence-corrected chi connectivity index (χ2v) is 6.48. The molecule has 7 nitrogen and oxygen atoms in total. The maximum atomic E-state index is 12.4. The molecule has 0 unspecified atom stereocenters. The first-order chi connectivity index (χ1) is 13.2. The highest BCUT2D eigenvalue weighted by Crippen LogP contribution is 2.24. The van der Waals surface area contributed by atoms with Crippen molar-refractivity contribution in [3.63, 3.8) is 0 Å². The summed E-state index contributed by atoms with van der Waals surface area (Å²) in [5.74, 6) is 0.529. The second-order valence-electron chi connectivity index (χ2n) is 6.04. The van der Waals surface area contributed by atoms with E-state index in [9.17, 15) is 4.79 Å². The monoisotopic (exact) mass is 384 g/mol. The van der Waals surface area contributed by atoms with Crippen molar-refractivity contribution in [3.05, 3.63) is 59.4 Å². The quantitative estimate of drug-likeness (QED) is 0.741. The van der Waals surface area contributed by atoms with Gasteiger partial charge in [-0.2, -0.15) is 0 Å². The van der Waals surface area contributed by atoms with Gasteiger partial charge in [-0.05, 0) is 24.3 Å². The summed E-state index contributed by atoms with van der Waals surface area (Å²) in [6.45, 7) is 3.08. The lowest BCUT2D eigenvalue weighted by molar-refractivity contribution is 0.101. The number of morpholine rings is 1. The third-order valence-electron chi connectivity index (χ3n) is 4.22. The van der Waals surface area contributed by atoms with Crippen molar-refractivity contribution in [3.8, 4) is 11.3 Å². The minimum atomic E-state index is -0.390. The molecule has 1 aliphatic rings. The Kier molecular flexibility index (Phi) is 5.04. The highest BCUT2D eigenvalue weighted by Gasteiger charge is 2.16. The number of amides is 1. The third kappa shape index (κ3) is 4.10. The van der Waals surface area contributed by atoms with Crippen LogP contribution in [0.1, 0.15) is 10.5 Å². The van der Waals surface area contributed by atoms with Crippen LogP contribution in [0.2, 0.25) is 5.02 Å². The molecule has 8 heteroatoms. The Bertz CT molecular complexity index is 936. The molecular formula is C19H17ClN4O3. The summed E-state index contributed by atoms with van der Waals surface area (Å²) < 4.78 is 10.6. The summed E-state index contributed by atoms with van der Waals surface area (Å²) in [7, 11) is 0. The first-order valence-electron chi connectivity index (χ1n) is 8.52. The summed E-state index contributed by atoms with van der Waals surface area (Å²) in [5, 5.41) is 7.13. The van der Waals surface area contributed by atoms with Crippen molar-refractivity contribution in [1.82, 2.24) is 10.1 Å². The van der Waals surface area contributed by atoms with Crippen LogP contribution >= 0.6 is 11.6 Å². The summed E-state index contributed by atoms with van der Waals surface area (Å²) >= 11 is 5.98. The lowest BCUT2D eigenvalue weighted by atomic mass is 10.1. The zero-order valence-corrected chi connectivity index (χ0v) is 15.1. The van der Waals surface area contributed by atoms with E-state index in [1.807, 2.05) is 12.1 Å². The number of pyridine rings is 1. The Morgan fingerprint density at radius 2 is 2.00 bits per heavy atom. The van der Waals surface area contributed by atoms with Gasteiger partial charge in [0.05, 0.1) is 25.1 Å². The Labute approximate surface area is 160 Å². The van der Waals surface area contributed by atoms with Crippen molar-refractivity contribution in [2.45, 2.75) is 0 Å². The molecule has 0 aliphatic carbocycles. The second kappa shape index (κ2) is 7.77. The van der Waals surface area contributed by atoms with E-state index in [4.69, 9.17) is 20.9 Å². The summed E-state index contributed by atoms with van der Waals surface area (Å²) in [6, 6.07) is 12.4. The van der Waals surface area contributed by atoms with Crippen molar-refractivity contribution in [2.24, 2.45) is 0 Å². The molecule has 1 fully saturated rings. The topological polar surface area (TPSA) is 80.5 Å². The summed E-state index contributed by atoms with van der Waals surface area (Å²) in [6.07, 6.45) is 1.74. The minimum absolute atomic E-state index is 0.170. The van der Waals surface area contributed by atoms with Gasteiger partial charge in [-0.15, -0.1) is 0 Å². The van der Waals surface area contributed by atoms with Gasteiger partial charge >= 0.3 is 0 Å². The van der Waals surface area contributed by atoms with Gasteiger partial charge in [-0.1, -0.05) is 28.9 Å². The molecule has 1 aliphatic heterocycles. The van der Waals surface area contributed by atoms with Crippen LogP contribution in [0.5, 0.6) is 0 Å². The number of aromatic nitrogens is 2. The molecule has 0 saturated carbocycles. The van der Waals surface area contributed by atoms with E-state index in [1.165, 1.54) is 0 Å². The number of benzene rings is 1. The molecule has 1 N–H and O–H groups in total. The number of ether oxygens (including phenoxy) is 1. The first kappa shape index (κ1) is 17.5. The van der Waals surface area contributed by atoms with E-state index in [2.05, 4.69) is 20.4 Å². The molecule has 3 heterocycles. The summed E-state index contributed by atoms with van der Waals surface area (Å²) in [5.41, 5.74) is 1.92. The summed E-state index contributed by atoms with van der Waals surface area (Å²) in [4.78, 5) is 18.9. The average Bonchev–Trinajstić information content (AvgIpc) is 3.20. The highest BCUT2D eigenvalue weighted by molar-refractivity contribution is 6.30. The standard InChI is InChI=1S/C19H17ClN4O3/c20-14-3-1-2-13(10-14)17-11-16(23-27-17)19(25)22-18-5-4-15(12-21-18)24-6-8-26-9-7-24/h1-5,10-12H,6-9H2,(H,21,22,25). The van der Waals surface area contributed by atoms with Gasteiger partial charge in [0.1, 0.15) is 5.82 Å². The Hall–Kier alpha value is -2.90. The number of hydrogen-bond acceptors (Lipinski definition) is 6. The fourth-order valence-electron chi connectivity index (χ4n) is 2.81. The van der Waals surface area contributed by atoms with Gasteiger partial charge < -0.3 is 19.5 Å². The lowest BCUT2D eigenvalue weighted by Gasteiger charge is -2.28. The van der Waals surface area contributed by atoms with Crippen molar-refractivity contribution < 1.29 is 14.1 Å². The number of nitrogens with zero attached hydrogens (tertiary/aromatic N) is 3. The number of halogens is 1. The van der Waals surface area contributed by atoms with Crippen LogP contribution < -0.4 is 10.2 Å². The molecule has 0 bridgehead atoms. The van der Waals surface area contributed by atoms with Crippen molar-refractivity contribution >= 4 is 29.0 Å². The molecule has 1 saturated heterocycles. The number of anilines is 2. The molecular weight excluding hydrogens is 368 g/mol. The zero-order valence-electron chi connectivity index (χ0n) is 14.4. The van der Waals surface area contributed by atoms with Crippen LogP contribution in [-0.4, -0.2) is 42.4 Å². The molecule has 0 radical (unpaired) electrons. The maximum absolute atomic E-state index is 12.4. The molecule has 138 valence electrons. The van der Waals surface area contributed by atoms with Gasteiger partial charge in [0.2, 0.25) is 0 Å². The van der Waals surface area contributed by atoms with E-state index in [1.54, 1.807) is 36.5 Å². The molecule has 0 atom stereocenters. The highest BCUT2D eigenvalue weighted by atomic mass is 35.5. The average molecular weight is 385 g/mol. The molecule has 1 aromatic carbocycles. The van der Waals surface area contributed by atoms with E-state index < -0.39 is 5.91 Å². The van der Waals surface area contributed by atoms with E-state index in [-0.39, 0.29) is 5.69 Å². The molecule has 3 aromatic rings. The predicted octanol–water partition coefficient (Wildman–Crippen LogP) is 3.48. The zero-order chi connectivity index (χ0) is 18.6. The number of rotatable bonds is 4. The number of hydrogen-bond donors (Lipinski definition) is 1. The van der Waals surface area contributed by atoms with Crippen molar-refractivity contribution in [1.29, 1.82) is 0 Å². The van der Waals surface area contributed by atoms with Gasteiger partial charge in [0.25, 0.3) is 5.91 Å². The fourth-order valence-corrected chi connectivity index (χ4v) is 3.00. The van der Waals surface area contributed by atoms with Gasteiger partial charge in [0.15, 0.2) is 11.5 Å².